The summed E-state index contributed by atoms with van der Waals surface area (Å²) < 4.78 is 14.6. The number of aryl methyl sites for hydroxylation is 1. The maximum Gasteiger partial charge on any atom is 0.274 e. The molecule has 0 bridgehead atoms. The van der Waals surface area contributed by atoms with Crippen LogP contribution in [0.1, 0.15) is 23.1 Å². The Balaban J connectivity index is 2.00. The number of imidazole rings is 1. The van der Waals surface area contributed by atoms with Gasteiger partial charge in [0, 0.05) is 23.0 Å². The van der Waals surface area contributed by atoms with Gasteiger partial charge in [0.05, 0.1) is 5.69 Å². The summed E-state index contributed by atoms with van der Waals surface area (Å²) in [5.41, 5.74) is 2.28. The number of anilines is 1. The van der Waals surface area contributed by atoms with Crippen LogP contribution >= 0.6 is 11.6 Å². The van der Waals surface area contributed by atoms with Crippen LogP contribution in [0, 0.1) is 5.82 Å². The fourth-order valence-corrected chi connectivity index (χ4v) is 2.43. The average Bonchev–Trinajstić information content (AvgIpc) is 2.87. The smallest absolute Gasteiger partial charge is 0.274 e. The molecule has 0 unspecified atom stereocenters. The highest BCUT2D eigenvalue weighted by Crippen LogP contribution is 2.19. The van der Waals surface area contributed by atoms with E-state index < -0.39 is 0 Å². The number of fused-ring (bicyclic) bond motifs is 1. The molecule has 1 amide bonds. The molecule has 0 spiro atoms. The van der Waals surface area contributed by atoms with E-state index in [9.17, 15) is 9.18 Å². The largest absolute Gasteiger partial charge is 0.321 e. The van der Waals surface area contributed by atoms with E-state index in [2.05, 4.69) is 10.3 Å². The quantitative estimate of drug-likeness (QED) is 0.795. The molecule has 3 aromatic rings. The van der Waals surface area contributed by atoms with Crippen molar-refractivity contribution in [2.75, 3.05) is 5.32 Å². The summed E-state index contributed by atoms with van der Waals surface area (Å²) >= 11 is 5.96. The number of benzene rings is 1. The number of nitrogens with zero attached hydrogens (tertiary/aromatic N) is 2. The fraction of sp³-hybridized carbons (Fsp3) is 0.125. The lowest BCUT2D eigenvalue weighted by Crippen LogP contribution is -2.16. The van der Waals surface area contributed by atoms with Crippen molar-refractivity contribution in [3.8, 4) is 0 Å². The van der Waals surface area contributed by atoms with Crippen molar-refractivity contribution < 1.29 is 9.18 Å². The minimum atomic E-state index is -0.350. The molecule has 0 saturated carbocycles. The summed E-state index contributed by atoms with van der Waals surface area (Å²) in [6, 6.07) is 9.02. The minimum absolute atomic E-state index is 0.293. The van der Waals surface area contributed by atoms with Crippen LogP contribution in [0.3, 0.4) is 0 Å². The normalized spacial score (nSPS) is 10.9. The molecular formula is C16H13ClFN3O. The van der Waals surface area contributed by atoms with Crippen molar-refractivity contribution in [1.29, 1.82) is 0 Å². The first-order valence-electron chi connectivity index (χ1n) is 6.82. The van der Waals surface area contributed by atoms with E-state index in [-0.39, 0.29) is 11.7 Å². The number of halogens is 2. The van der Waals surface area contributed by atoms with Crippen LogP contribution in [0.4, 0.5) is 10.1 Å². The first-order chi connectivity index (χ1) is 10.6. The van der Waals surface area contributed by atoms with E-state index >= 15 is 0 Å². The summed E-state index contributed by atoms with van der Waals surface area (Å²) in [4.78, 5) is 17.0. The summed E-state index contributed by atoms with van der Waals surface area (Å²) in [6.45, 7) is 1.93. The van der Waals surface area contributed by atoms with Gasteiger partial charge in [-0.3, -0.25) is 9.20 Å². The zero-order valence-corrected chi connectivity index (χ0v) is 12.6. The number of carbonyl (C=O) groups excluding carboxylic acids is 1. The lowest BCUT2D eigenvalue weighted by atomic mass is 10.2. The topological polar surface area (TPSA) is 46.4 Å². The highest BCUT2D eigenvalue weighted by Gasteiger charge is 2.18. The van der Waals surface area contributed by atoms with Crippen molar-refractivity contribution in [2.24, 2.45) is 0 Å². The summed E-state index contributed by atoms with van der Waals surface area (Å²) in [5.74, 6) is -0.644. The zero-order valence-electron chi connectivity index (χ0n) is 11.8. The third kappa shape index (κ3) is 2.67. The highest BCUT2D eigenvalue weighted by atomic mass is 35.5. The lowest BCUT2D eigenvalue weighted by Gasteiger charge is -2.06. The Morgan fingerprint density at radius 3 is 2.73 bits per heavy atom. The van der Waals surface area contributed by atoms with Gasteiger partial charge in [-0.15, -0.1) is 0 Å². The van der Waals surface area contributed by atoms with Gasteiger partial charge in [0.2, 0.25) is 0 Å². The Hall–Kier alpha value is -2.40. The van der Waals surface area contributed by atoms with E-state index in [1.807, 2.05) is 6.92 Å². The summed E-state index contributed by atoms with van der Waals surface area (Å²) in [5, 5.41) is 3.31. The second-order valence-electron chi connectivity index (χ2n) is 4.79. The summed E-state index contributed by atoms with van der Waals surface area (Å²) in [7, 11) is 0. The predicted octanol–water partition coefficient (Wildman–Crippen LogP) is 3.94. The number of amides is 1. The lowest BCUT2D eigenvalue weighted by molar-refractivity contribution is 0.102. The number of pyridine rings is 1. The van der Waals surface area contributed by atoms with E-state index in [4.69, 9.17) is 11.6 Å². The molecular weight excluding hydrogens is 305 g/mol. The van der Waals surface area contributed by atoms with Gasteiger partial charge >= 0.3 is 0 Å². The Labute approximate surface area is 131 Å². The second kappa shape index (κ2) is 5.77. The van der Waals surface area contributed by atoms with E-state index in [1.54, 1.807) is 22.7 Å². The molecule has 0 radical (unpaired) electrons. The molecule has 112 valence electrons. The Morgan fingerprint density at radius 1 is 1.32 bits per heavy atom. The predicted molar refractivity (Wildman–Crippen MR) is 83.9 cm³/mol. The third-order valence-corrected chi connectivity index (χ3v) is 3.55. The number of carbonyl (C=O) groups is 1. The number of rotatable bonds is 3. The van der Waals surface area contributed by atoms with E-state index in [1.165, 1.54) is 24.3 Å². The molecule has 22 heavy (non-hydrogen) atoms. The first kappa shape index (κ1) is 14.5. The van der Waals surface area contributed by atoms with Gasteiger partial charge in [0.1, 0.15) is 17.2 Å². The van der Waals surface area contributed by atoms with Crippen LogP contribution in [-0.4, -0.2) is 15.3 Å². The number of hydrogen-bond donors (Lipinski definition) is 1. The number of aromatic nitrogens is 2. The van der Waals surface area contributed by atoms with Gasteiger partial charge < -0.3 is 5.32 Å². The van der Waals surface area contributed by atoms with Crippen molar-refractivity contribution in [3.63, 3.8) is 0 Å². The average molecular weight is 318 g/mol. The molecule has 0 aliphatic carbocycles. The van der Waals surface area contributed by atoms with Crippen LogP contribution < -0.4 is 5.32 Å². The fourth-order valence-electron chi connectivity index (χ4n) is 2.28. The number of nitrogens with one attached hydrogen (secondary N) is 1. The Bertz CT molecular complexity index is 842. The molecule has 2 heterocycles. The van der Waals surface area contributed by atoms with Crippen LogP contribution in [0.2, 0.25) is 5.02 Å². The maximum atomic E-state index is 12.9. The van der Waals surface area contributed by atoms with E-state index in [0.29, 0.717) is 34.2 Å². The van der Waals surface area contributed by atoms with Crippen LogP contribution in [0.5, 0.6) is 0 Å². The molecule has 0 saturated heterocycles. The molecule has 2 aromatic heterocycles. The SMILES string of the molecule is CCc1nc2cc(Cl)ccn2c1C(=O)Nc1ccc(F)cc1. The van der Waals surface area contributed by atoms with Gasteiger partial charge in [0.15, 0.2) is 0 Å². The first-order valence-corrected chi connectivity index (χ1v) is 7.19. The van der Waals surface area contributed by atoms with Gasteiger partial charge in [-0.25, -0.2) is 9.37 Å². The van der Waals surface area contributed by atoms with Crippen molar-refractivity contribution >= 4 is 28.8 Å². The Morgan fingerprint density at radius 2 is 2.05 bits per heavy atom. The van der Waals surface area contributed by atoms with E-state index in [0.717, 1.165) is 0 Å². The molecule has 0 aliphatic heterocycles. The second-order valence-corrected chi connectivity index (χ2v) is 5.23. The third-order valence-electron chi connectivity index (χ3n) is 3.31. The van der Waals surface area contributed by atoms with Crippen LogP contribution in [0.15, 0.2) is 42.6 Å². The van der Waals surface area contributed by atoms with Crippen LogP contribution in [-0.2, 0) is 6.42 Å². The molecule has 1 N–H and O–H groups in total. The molecule has 6 heteroatoms. The summed E-state index contributed by atoms with van der Waals surface area (Å²) in [6.07, 6.45) is 2.33. The van der Waals surface area contributed by atoms with Gasteiger partial charge in [-0.1, -0.05) is 18.5 Å². The van der Waals surface area contributed by atoms with Crippen molar-refractivity contribution in [1.82, 2.24) is 9.38 Å². The number of hydrogen-bond acceptors (Lipinski definition) is 2. The molecule has 0 fully saturated rings. The maximum absolute atomic E-state index is 12.9. The zero-order chi connectivity index (χ0) is 15.7. The van der Waals surface area contributed by atoms with Crippen LogP contribution in [0.25, 0.3) is 5.65 Å². The van der Waals surface area contributed by atoms with Gasteiger partial charge in [-0.05, 0) is 36.8 Å². The monoisotopic (exact) mass is 317 g/mol. The van der Waals surface area contributed by atoms with Gasteiger partial charge in [-0.2, -0.15) is 0 Å². The molecule has 3 rings (SSSR count). The van der Waals surface area contributed by atoms with Crippen molar-refractivity contribution in [2.45, 2.75) is 13.3 Å². The molecule has 1 aromatic carbocycles. The van der Waals surface area contributed by atoms with Crippen molar-refractivity contribution in [3.05, 3.63) is 64.8 Å². The van der Waals surface area contributed by atoms with Gasteiger partial charge in [0.25, 0.3) is 5.91 Å². The molecule has 4 nitrogen and oxygen atoms in total. The molecule has 0 atom stereocenters. The molecule has 0 aliphatic rings. The Kier molecular flexibility index (Phi) is 3.81. The standard InChI is InChI=1S/C16H13ClFN3O/c1-2-13-15(21-8-7-10(17)9-14(21)20-13)16(22)19-12-5-3-11(18)4-6-12/h3-9H,2H2,1H3,(H,19,22). The highest BCUT2D eigenvalue weighted by molar-refractivity contribution is 6.30. The minimum Gasteiger partial charge on any atom is -0.321 e.